The Bertz CT molecular complexity index is 570. The van der Waals surface area contributed by atoms with E-state index in [4.69, 9.17) is 9.84 Å². The molecule has 2 rings (SSSR count). The van der Waals surface area contributed by atoms with E-state index in [1.54, 1.807) is 19.4 Å². The van der Waals surface area contributed by atoms with Crippen LogP contribution in [0, 0.1) is 0 Å². The van der Waals surface area contributed by atoms with Crippen LogP contribution in [0.4, 0.5) is 0 Å². The second kappa shape index (κ2) is 5.27. The van der Waals surface area contributed by atoms with E-state index in [-0.39, 0.29) is 12.2 Å². The first kappa shape index (κ1) is 12.0. The molecule has 0 aliphatic heterocycles. The molecule has 0 spiro atoms. The fourth-order valence-corrected chi connectivity index (χ4v) is 1.63. The van der Waals surface area contributed by atoms with Crippen LogP contribution in [0.25, 0.3) is 11.3 Å². The quantitative estimate of drug-likeness (QED) is 0.887. The largest absolute Gasteiger partial charge is 0.496 e. The summed E-state index contributed by atoms with van der Waals surface area (Å²) in [6.07, 6.45) is 1.36. The van der Waals surface area contributed by atoms with Gasteiger partial charge in [0, 0.05) is 11.8 Å². The van der Waals surface area contributed by atoms with Gasteiger partial charge in [-0.1, -0.05) is 12.1 Å². The van der Waals surface area contributed by atoms with E-state index in [0.717, 1.165) is 5.56 Å². The molecule has 0 saturated carbocycles. The van der Waals surface area contributed by atoms with Crippen LogP contribution in [-0.4, -0.2) is 28.2 Å². The fourth-order valence-electron chi connectivity index (χ4n) is 1.63. The Balaban J connectivity index is 2.41. The van der Waals surface area contributed by atoms with Gasteiger partial charge in [0.15, 0.2) is 0 Å². The molecule has 0 fully saturated rings. The lowest BCUT2D eigenvalue weighted by Gasteiger charge is -2.07. The molecular weight excluding hydrogens is 232 g/mol. The molecule has 0 aliphatic carbocycles. The van der Waals surface area contributed by atoms with Gasteiger partial charge in [0.2, 0.25) is 0 Å². The number of nitrogens with zero attached hydrogens (tertiary/aromatic N) is 2. The topological polar surface area (TPSA) is 72.3 Å². The Morgan fingerprint density at radius 2 is 2.11 bits per heavy atom. The van der Waals surface area contributed by atoms with Crippen LogP contribution in [0.5, 0.6) is 5.75 Å². The number of rotatable bonds is 4. The Morgan fingerprint density at radius 1 is 1.33 bits per heavy atom. The van der Waals surface area contributed by atoms with E-state index in [0.29, 0.717) is 11.4 Å². The van der Waals surface area contributed by atoms with E-state index in [1.807, 2.05) is 24.3 Å². The molecule has 0 radical (unpaired) electrons. The first-order valence-electron chi connectivity index (χ1n) is 5.38. The summed E-state index contributed by atoms with van der Waals surface area (Å²) in [6, 6.07) is 9.15. The Hall–Kier alpha value is -2.43. The third-order valence-corrected chi connectivity index (χ3v) is 2.40. The third-order valence-electron chi connectivity index (χ3n) is 2.40. The molecule has 2 aromatic rings. The van der Waals surface area contributed by atoms with Crippen molar-refractivity contribution < 1.29 is 14.6 Å². The molecule has 0 bridgehead atoms. The normalized spacial score (nSPS) is 10.1. The zero-order valence-electron chi connectivity index (χ0n) is 9.83. The summed E-state index contributed by atoms with van der Waals surface area (Å²) < 4.78 is 5.24. The lowest BCUT2D eigenvalue weighted by molar-refractivity contribution is -0.136. The maximum atomic E-state index is 10.6. The Labute approximate surface area is 104 Å². The molecule has 1 N–H and O–H groups in total. The Kier molecular flexibility index (Phi) is 3.52. The number of carboxylic acids is 1. The van der Waals surface area contributed by atoms with Crippen molar-refractivity contribution in [3.8, 4) is 17.0 Å². The molecule has 1 aromatic carbocycles. The van der Waals surface area contributed by atoms with Gasteiger partial charge in [-0.05, 0) is 18.2 Å². The van der Waals surface area contributed by atoms with Gasteiger partial charge in [0.05, 0.1) is 12.8 Å². The van der Waals surface area contributed by atoms with E-state index in [1.165, 1.54) is 0 Å². The molecule has 1 heterocycles. The first-order chi connectivity index (χ1) is 8.70. The van der Waals surface area contributed by atoms with Crippen molar-refractivity contribution in [1.29, 1.82) is 0 Å². The Morgan fingerprint density at radius 3 is 2.83 bits per heavy atom. The number of methoxy groups -OCH3 is 1. The second-order valence-electron chi connectivity index (χ2n) is 3.63. The monoisotopic (exact) mass is 244 g/mol. The number of aromatic nitrogens is 2. The molecule has 5 nitrogen and oxygen atoms in total. The van der Waals surface area contributed by atoms with E-state index in [2.05, 4.69) is 9.97 Å². The number of carboxylic acid groups (broad SMARTS) is 1. The smallest absolute Gasteiger partial charge is 0.311 e. The standard InChI is InChI=1S/C13H12N2O3/c1-18-11-5-3-2-4-9(11)10-6-7-14-12(15-10)8-13(16)17/h2-7H,8H2,1H3,(H,16,17). The van der Waals surface area contributed by atoms with Gasteiger partial charge in [-0.25, -0.2) is 9.97 Å². The number of carbonyl (C=O) groups is 1. The van der Waals surface area contributed by atoms with Crippen LogP contribution in [0.1, 0.15) is 5.82 Å². The molecule has 0 atom stereocenters. The predicted molar refractivity (Wildman–Crippen MR) is 65.4 cm³/mol. The molecule has 0 saturated heterocycles. The van der Waals surface area contributed by atoms with Crippen molar-refractivity contribution in [3.63, 3.8) is 0 Å². The lowest BCUT2D eigenvalue weighted by atomic mass is 10.1. The minimum Gasteiger partial charge on any atom is -0.496 e. The zero-order valence-corrected chi connectivity index (χ0v) is 9.83. The number of hydrogen-bond donors (Lipinski definition) is 1. The van der Waals surface area contributed by atoms with Gasteiger partial charge in [-0.15, -0.1) is 0 Å². The van der Waals surface area contributed by atoms with Crippen LogP contribution in [0.15, 0.2) is 36.5 Å². The molecule has 18 heavy (non-hydrogen) atoms. The average Bonchev–Trinajstić information content (AvgIpc) is 2.38. The molecule has 0 unspecified atom stereocenters. The summed E-state index contributed by atoms with van der Waals surface area (Å²) in [6.45, 7) is 0. The van der Waals surface area contributed by atoms with Gasteiger partial charge in [-0.2, -0.15) is 0 Å². The van der Waals surface area contributed by atoms with Crippen LogP contribution < -0.4 is 4.74 Å². The maximum Gasteiger partial charge on any atom is 0.311 e. The number of para-hydroxylation sites is 1. The number of aliphatic carboxylic acids is 1. The summed E-state index contributed by atoms with van der Waals surface area (Å²) in [5.74, 6) is 0.0237. The molecule has 0 aliphatic rings. The minimum atomic E-state index is -0.952. The third kappa shape index (κ3) is 2.63. The van der Waals surface area contributed by atoms with E-state index >= 15 is 0 Å². The van der Waals surface area contributed by atoms with Crippen molar-refractivity contribution >= 4 is 5.97 Å². The van der Waals surface area contributed by atoms with Crippen molar-refractivity contribution in [2.24, 2.45) is 0 Å². The zero-order chi connectivity index (χ0) is 13.0. The molecule has 92 valence electrons. The van der Waals surface area contributed by atoms with Gasteiger partial charge < -0.3 is 9.84 Å². The van der Waals surface area contributed by atoms with Crippen LogP contribution in [-0.2, 0) is 11.2 Å². The number of hydrogen-bond acceptors (Lipinski definition) is 4. The highest BCUT2D eigenvalue weighted by molar-refractivity contribution is 5.70. The number of ether oxygens (including phenoxy) is 1. The van der Waals surface area contributed by atoms with Crippen molar-refractivity contribution in [2.45, 2.75) is 6.42 Å². The highest BCUT2D eigenvalue weighted by Gasteiger charge is 2.09. The second-order valence-corrected chi connectivity index (χ2v) is 3.63. The molecule has 5 heteroatoms. The molecule has 1 aromatic heterocycles. The highest BCUT2D eigenvalue weighted by Crippen LogP contribution is 2.27. The summed E-state index contributed by atoms with van der Waals surface area (Å²) in [5.41, 5.74) is 1.47. The predicted octanol–water partition coefficient (Wildman–Crippen LogP) is 1.78. The van der Waals surface area contributed by atoms with Crippen LogP contribution >= 0.6 is 0 Å². The van der Waals surface area contributed by atoms with Crippen molar-refractivity contribution in [2.75, 3.05) is 7.11 Å². The van der Waals surface area contributed by atoms with Gasteiger partial charge >= 0.3 is 5.97 Å². The summed E-state index contributed by atoms with van der Waals surface area (Å²) >= 11 is 0. The van der Waals surface area contributed by atoms with Gasteiger partial charge in [-0.3, -0.25) is 4.79 Å². The van der Waals surface area contributed by atoms with Gasteiger partial charge in [0.1, 0.15) is 18.0 Å². The summed E-state index contributed by atoms with van der Waals surface area (Å²) in [5, 5.41) is 8.72. The average molecular weight is 244 g/mol. The molecule has 0 amide bonds. The van der Waals surface area contributed by atoms with Gasteiger partial charge in [0.25, 0.3) is 0 Å². The maximum absolute atomic E-state index is 10.6. The van der Waals surface area contributed by atoms with Crippen molar-refractivity contribution in [3.05, 3.63) is 42.4 Å². The fraction of sp³-hybridized carbons (Fsp3) is 0.154. The summed E-state index contributed by atoms with van der Waals surface area (Å²) in [4.78, 5) is 18.8. The van der Waals surface area contributed by atoms with Crippen LogP contribution in [0.3, 0.4) is 0 Å². The SMILES string of the molecule is COc1ccccc1-c1ccnc(CC(=O)O)n1. The minimum absolute atomic E-state index is 0.191. The molecular formula is C13H12N2O3. The summed E-state index contributed by atoms with van der Waals surface area (Å²) in [7, 11) is 1.58. The van der Waals surface area contributed by atoms with E-state index < -0.39 is 5.97 Å². The van der Waals surface area contributed by atoms with Crippen molar-refractivity contribution in [1.82, 2.24) is 9.97 Å². The van der Waals surface area contributed by atoms with Crippen LogP contribution in [0.2, 0.25) is 0 Å². The highest BCUT2D eigenvalue weighted by atomic mass is 16.5. The lowest BCUT2D eigenvalue weighted by Crippen LogP contribution is -2.05. The number of benzene rings is 1. The van der Waals surface area contributed by atoms with E-state index in [9.17, 15) is 4.79 Å². The first-order valence-corrected chi connectivity index (χ1v) is 5.38.